The van der Waals surface area contributed by atoms with Gasteiger partial charge in [0.05, 0.1) is 0 Å². The van der Waals surface area contributed by atoms with Crippen molar-refractivity contribution in [3.05, 3.63) is 32.9 Å². The Balaban J connectivity index is 2.59. The number of fused-ring (bicyclic) bond motifs is 1. The van der Waals surface area contributed by atoms with E-state index in [2.05, 4.69) is 28.7 Å². The lowest BCUT2D eigenvalue weighted by Crippen LogP contribution is -1.90. The molecule has 0 aromatic heterocycles. The van der Waals surface area contributed by atoms with Gasteiger partial charge in [0, 0.05) is 15.6 Å². The van der Waals surface area contributed by atoms with Gasteiger partial charge in [-0.05, 0) is 46.7 Å². The highest BCUT2D eigenvalue weighted by molar-refractivity contribution is 14.1. The van der Waals surface area contributed by atoms with Crippen LogP contribution in [0.25, 0.3) is 0 Å². The van der Waals surface area contributed by atoms with Crippen molar-refractivity contribution in [2.75, 3.05) is 0 Å². The van der Waals surface area contributed by atoms with Gasteiger partial charge in [-0.3, -0.25) is 4.79 Å². The third-order valence-corrected chi connectivity index (χ3v) is 2.66. The number of hydrogen-bond acceptors (Lipinski definition) is 1. The molecule has 0 saturated heterocycles. The maximum Gasteiger partial charge on any atom is 0.163 e. The number of carbonyl (C=O) groups is 1. The van der Waals surface area contributed by atoms with Crippen LogP contribution in [0, 0.1) is 3.57 Å². The van der Waals surface area contributed by atoms with Crippen molar-refractivity contribution >= 4 is 28.4 Å². The van der Waals surface area contributed by atoms with E-state index < -0.39 is 0 Å². The summed E-state index contributed by atoms with van der Waals surface area (Å²) in [6.45, 7) is 0. The second-order valence-corrected chi connectivity index (χ2v) is 3.97. The predicted molar refractivity (Wildman–Crippen MR) is 51.8 cm³/mol. The van der Waals surface area contributed by atoms with Crippen molar-refractivity contribution in [1.82, 2.24) is 0 Å². The molecule has 0 N–H and O–H groups in total. The van der Waals surface area contributed by atoms with Crippen LogP contribution in [0.2, 0.25) is 0 Å². The van der Waals surface area contributed by atoms with Gasteiger partial charge in [-0.25, -0.2) is 0 Å². The van der Waals surface area contributed by atoms with Crippen LogP contribution in [0.15, 0.2) is 18.2 Å². The quantitative estimate of drug-likeness (QED) is 0.653. The molecular weight excluding hydrogens is 251 g/mol. The monoisotopic (exact) mass is 258 g/mol. The smallest absolute Gasteiger partial charge is 0.163 e. The zero-order valence-electron chi connectivity index (χ0n) is 5.93. The van der Waals surface area contributed by atoms with Crippen molar-refractivity contribution in [2.45, 2.75) is 12.8 Å². The molecule has 0 fully saturated rings. The maximum atomic E-state index is 11.2. The fraction of sp³-hybridized carbons (Fsp3) is 0.222. The van der Waals surface area contributed by atoms with Gasteiger partial charge in [0.2, 0.25) is 0 Å². The summed E-state index contributed by atoms with van der Waals surface area (Å²) in [4.78, 5) is 11.2. The molecule has 0 radical (unpaired) electrons. The summed E-state index contributed by atoms with van der Waals surface area (Å²) >= 11 is 2.27. The molecule has 0 aliphatic heterocycles. The molecular formula is C9H7IO. The minimum absolute atomic E-state index is 0.302. The van der Waals surface area contributed by atoms with Crippen molar-refractivity contribution in [3.8, 4) is 0 Å². The molecule has 0 amide bonds. The first-order valence-corrected chi connectivity index (χ1v) is 4.67. The first kappa shape index (κ1) is 7.28. The summed E-state index contributed by atoms with van der Waals surface area (Å²) < 4.78 is 1.22. The van der Waals surface area contributed by atoms with Crippen LogP contribution in [0.5, 0.6) is 0 Å². The first-order chi connectivity index (χ1) is 5.27. The highest BCUT2D eigenvalue weighted by Crippen LogP contribution is 2.23. The third kappa shape index (κ3) is 1.20. The fourth-order valence-corrected chi connectivity index (χ4v) is 1.98. The molecule has 0 spiro atoms. The van der Waals surface area contributed by atoms with Crippen LogP contribution in [-0.4, -0.2) is 5.78 Å². The second-order valence-electron chi connectivity index (χ2n) is 2.72. The number of halogens is 1. The van der Waals surface area contributed by atoms with Crippen molar-refractivity contribution in [3.63, 3.8) is 0 Å². The Kier molecular flexibility index (Phi) is 1.71. The molecule has 0 unspecified atom stereocenters. The van der Waals surface area contributed by atoms with E-state index in [1.165, 1.54) is 9.13 Å². The van der Waals surface area contributed by atoms with E-state index in [1.54, 1.807) is 0 Å². The largest absolute Gasteiger partial charge is 0.294 e. The number of carbonyl (C=O) groups excluding carboxylic acids is 1. The van der Waals surface area contributed by atoms with Gasteiger partial charge in [0.25, 0.3) is 0 Å². The molecule has 1 aliphatic rings. The van der Waals surface area contributed by atoms with E-state index >= 15 is 0 Å². The number of benzene rings is 1. The Hall–Kier alpha value is -0.380. The van der Waals surface area contributed by atoms with Gasteiger partial charge < -0.3 is 0 Å². The Labute approximate surface area is 78.9 Å². The van der Waals surface area contributed by atoms with Gasteiger partial charge in [0.1, 0.15) is 0 Å². The summed E-state index contributed by atoms with van der Waals surface area (Å²) in [5.74, 6) is 0.302. The number of hydrogen-bond donors (Lipinski definition) is 0. The van der Waals surface area contributed by atoms with E-state index in [-0.39, 0.29) is 0 Å². The first-order valence-electron chi connectivity index (χ1n) is 3.59. The van der Waals surface area contributed by atoms with Crippen molar-refractivity contribution in [2.24, 2.45) is 0 Å². The Morgan fingerprint density at radius 2 is 2.09 bits per heavy atom. The lowest BCUT2D eigenvalue weighted by molar-refractivity contribution is 0.0994. The molecule has 2 rings (SSSR count). The Morgan fingerprint density at radius 1 is 1.27 bits per heavy atom. The molecule has 1 nitrogen and oxygen atoms in total. The third-order valence-electron chi connectivity index (χ3n) is 1.99. The number of aryl methyl sites for hydroxylation is 1. The molecule has 11 heavy (non-hydrogen) atoms. The van der Waals surface area contributed by atoms with E-state index in [0.717, 1.165) is 12.0 Å². The van der Waals surface area contributed by atoms with Gasteiger partial charge in [-0.1, -0.05) is 6.07 Å². The highest BCUT2D eigenvalue weighted by atomic mass is 127. The zero-order valence-corrected chi connectivity index (χ0v) is 8.09. The summed E-state index contributed by atoms with van der Waals surface area (Å²) in [6, 6.07) is 6.02. The minimum atomic E-state index is 0.302. The minimum Gasteiger partial charge on any atom is -0.294 e. The van der Waals surface area contributed by atoms with E-state index in [1.807, 2.05) is 12.1 Å². The van der Waals surface area contributed by atoms with Gasteiger partial charge in [0.15, 0.2) is 5.78 Å². The van der Waals surface area contributed by atoms with Crippen LogP contribution < -0.4 is 0 Å². The normalized spacial score (nSPS) is 15.2. The molecule has 1 aromatic carbocycles. The predicted octanol–water partition coefficient (Wildman–Crippen LogP) is 2.42. The average molecular weight is 258 g/mol. The molecule has 56 valence electrons. The Bertz CT molecular complexity index is 317. The standard InChI is InChI=1S/C9H7IO/c10-7-2-3-8-6(5-7)1-4-9(8)11/h2-3,5H,1,4H2. The van der Waals surface area contributed by atoms with Crippen LogP contribution in [0.3, 0.4) is 0 Å². The number of rotatable bonds is 0. The van der Waals surface area contributed by atoms with Crippen molar-refractivity contribution < 1.29 is 4.79 Å². The lowest BCUT2D eigenvalue weighted by Gasteiger charge is -1.96. The summed E-state index contributed by atoms with van der Waals surface area (Å²) in [5.41, 5.74) is 2.16. The molecule has 0 saturated carbocycles. The van der Waals surface area contributed by atoms with Gasteiger partial charge >= 0.3 is 0 Å². The van der Waals surface area contributed by atoms with E-state index in [0.29, 0.717) is 12.2 Å². The van der Waals surface area contributed by atoms with Crippen LogP contribution >= 0.6 is 22.6 Å². The molecule has 0 atom stereocenters. The summed E-state index contributed by atoms with van der Waals surface area (Å²) in [7, 11) is 0. The zero-order chi connectivity index (χ0) is 7.84. The van der Waals surface area contributed by atoms with Crippen LogP contribution in [0.4, 0.5) is 0 Å². The second kappa shape index (κ2) is 2.59. The number of ketones is 1. The fourth-order valence-electron chi connectivity index (χ4n) is 1.42. The maximum absolute atomic E-state index is 11.2. The summed E-state index contributed by atoms with van der Waals surface area (Å²) in [5, 5.41) is 0. The molecule has 1 aromatic rings. The SMILES string of the molecule is O=C1CCc2cc(I)ccc21. The molecule has 0 bridgehead atoms. The van der Waals surface area contributed by atoms with Gasteiger partial charge in [-0.15, -0.1) is 0 Å². The van der Waals surface area contributed by atoms with E-state index in [9.17, 15) is 4.79 Å². The van der Waals surface area contributed by atoms with Gasteiger partial charge in [-0.2, -0.15) is 0 Å². The van der Waals surface area contributed by atoms with E-state index in [4.69, 9.17) is 0 Å². The van der Waals surface area contributed by atoms with Crippen molar-refractivity contribution in [1.29, 1.82) is 0 Å². The summed E-state index contributed by atoms with van der Waals surface area (Å²) in [6.07, 6.45) is 1.64. The number of Topliss-reactive ketones (excluding diaryl/α,β-unsaturated/α-hetero) is 1. The van der Waals surface area contributed by atoms with Crippen LogP contribution in [-0.2, 0) is 6.42 Å². The lowest BCUT2D eigenvalue weighted by atomic mass is 10.1. The molecule has 1 aliphatic carbocycles. The highest BCUT2D eigenvalue weighted by Gasteiger charge is 2.18. The Morgan fingerprint density at radius 3 is 2.91 bits per heavy atom. The van der Waals surface area contributed by atoms with Crippen LogP contribution in [0.1, 0.15) is 22.3 Å². The molecule has 0 heterocycles. The molecule has 2 heteroatoms. The average Bonchev–Trinajstić information content (AvgIpc) is 2.32. The topological polar surface area (TPSA) is 17.1 Å².